The molecule has 0 unspecified atom stereocenters. The van der Waals surface area contributed by atoms with Gasteiger partial charge in [0.15, 0.2) is 0 Å². The van der Waals surface area contributed by atoms with Crippen molar-refractivity contribution in [2.24, 2.45) is 5.14 Å². The van der Waals surface area contributed by atoms with E-state index >= 15 is 0 Å². The van der Waals surface area contributed by atoms with Crippen molar-refractivity contribution >= 4 is 21.6 Å². The molecule has 5 nitrogen and oxygen atoms in total. The standard InChI is InChI=1S/C10H11FN2O3S/c1-6(14)13-3-2-7-4-8(11)10(5-9(7)13)17(12,15)16/h4-5H,2-3H2,1H3,(H2,12,15,16). The summed E-state index contributed by atoms with van der Waals surface area (Å²) in [6, 6.07) is 2.24. The number of primary sulfonamides is 1. The van der Waals surface area contributed by atoms with E-state index in [4.69, 9.17) is 5.14 Å². The molecule has 0 bridgehead atoms. The summed E-state index contributed by atoms with van der Waals surface area (Å²) in [6.07, 6.45) is 0.511. The van der Waals surface area contributed by atoms with Crippen LogP contribution in [0.3, 0.4) is 0 Å². The van der Waals surface area contributed by atoms with Crippen LogP contribution in [-0.2, 0) is 21.2 Å². The summed E-state index contributed by atoms with van der Waals surface area (Å²) in [5, 5.41) is 4.90. The maximum atomic E-state index is 13.5. The molecule has 17 heavy (non-hydrogen) atoms. The van der Waals surface area contributed by atoms with Gasteiger partial charge in [-0.2, -0.15) is 0 Å². The first-order valence-electron chi connectivity index (χ1n) is 4.94. The smallest absolute Gasteiger partial charge is 0.241 e. The second-order valence-corrected chi connectivity index (χ2v) is 5.41. The number of sulfonamides is 1. The number of hydrogen-bond acceptors (Lipinski definition) is 3. The highest BCUT2D eigenvalue weighted by atomic mass is 32.2. The molecule has 1 aliphatic heterocycles. The number of carbonyl (C=O) groups excluding carboxylic acids is 1. The van der Waals surface area contributed by atoms with Crippen LogP contribution in [0.15, 0.2) is 17.0 Å². The number of carbonyl (C=O) groups is 1. The quantitative estimate of drug-likeness (QED) is 0.790. The van der Waals surface area contributed by atoms with Gasteiger partial charge in [0.05, 0.1) is 0 Å². The van der Waals surface area contributed by atoms with Crippen molar-refractivity contribution in [3.63, 3.8) is 0 Å². The van der Waals surface area contributed by atoms with Gasteiger partial charge >= 0.3 is 0 Å². The predicted molar refractivity (Wildman–Crippen MR) is 59.5 cm³/mol. The van der Waals surface area contributed by atoms with Gasteiger partial charge in [-0.3, -0.25) is 4.79 Å². The van der Waals surface area contributed by atoms with Gasteiger partial charge in [0.1, 0.15) is 10.7 Å². The van der Waals surface area contributed by atoms with Crippen molar-refractivity contribution in [1.82, 2.24) is 0 Å². The molecule has 92 valence electrons. The Morgan fingerprint density at radius 2 is 2.12 bits per heavy atom. The lowest BCUT2D eigenvalue weighted by Gasteiger charge is -2.15. The van der Waals surface area contributed by atoms with E-state index in [2.05, 4.69) is 0 Å². The number of nitrogens with zero attached hydrogens (tertiary/aromatic N) is 1. The van der Waals surface area contributed by atoms with Gasteiger partial charge in [-0.05, 0) is 24.1 Å². The van der Waals surface area contributed by atoms with Crippen LogP contribution >= 0.6 is 0 Å². The monoisotopic (exact) mass is 258 g/mol. The number of anilines is 1. The molecule has 0 radical (unpaired) electrons. The molecule has 2 N–H and O–H groups in total. The first-order chi connectivity index (χ1) is 7.80. The molecule has 0 saturated heterocycles. The van der Waals surface area contributed by atoms with E-state index in [1.54, 1.807) is 0 Å². The second-order valence-electron chi connectivity index (χ2n) is 3.88. The molecule has 0 atom stereocenters. The summed E-state index contributed by atoms with van der Waals surface area (Å²) in [5.74, 6) is -1.09. The zero-order valence-corrected chi connectivity index (χ0v) is 9.92. The summed E-state index contributed by atoms with van der Waals surface area (Å²) in [6.45, 7) is 1.80. The Balaban J connectivity index is 2.63. The van der Waals surface area contributed by atoms with Crippen LogP contribution in [0.25, 0.3) is 0 Å². The minimum absolute atomic E-state index is 0.212. The Bertz CT molecular complexity index is 598. The predicted octanol–water partition coefficient (Wildman–Crippen LogP) is 0.382. The molecule has 1 aromatic rings. The van der Waals surface area contributed by atoms with Crippen LogP contribution in [-0.4, -0.2) is 20.9 Å². The molecule has 1 aromatic carbocycles. The van der Waals surface area contributed by atoms with Crippen molar-refractivity contribution in [1.29, 1.82) is 0 Å². The zero-order chi connectivity index (χ0) is 12.8. The minimum Gasteiger partial charge on any atom is -0.312 e. The van der Waals surface area contributed by atoms with Gasteiger partial charge in [-0.1, -0.05) is 0 Å². The summed E-state index contributed by atoms with van der Waals surface area (Å²) < 4.78 is 35.8. The highest BCUT2D eigenvalue weighted by Gasteiger charge is 2.26. The fourth-order valence-electron chi connectivity index (χ4n) is 1.93. The normalized spacial score (nSPS) is 14.9. The molecule has 7 heteroatoms. The molecule has 1 heterocycles. The van der Waals surface area contributed by atoms with Gasteiger partial charge in [0.2, 0.25) is 15.9 Å². The van der Waals surface area contributed by atoms with Crippen molar-refractivity contribution < 1.29 is 17.6 Å². The topological polar surface area (TPSA) is 80.5 Å². The maximum Gasteiger partial charge on any atom is 0.241 e. The summed E-state index contributed by atoms with van der Waals surface area (Å²) in [7, 11) is -4.12. The van der Waals surface area contributed by atoms with E-state index in [0.717, 1.165) is 12.1 Å². The highest BCUT2D eigenvalue weighted by molar-refractivity contribution is 7.89. The molecular formula is C10H11FN2O3S. The lowest BCUT2D eigenvalue weighted by molar-refractivity contribution is -0.116. The highest BCUT2D eigenvalue weighted by Crippen LogP contribution is 2.31. The molecular weight excluding hydrogens is 247 g/mol. The van der Waals surface area contributed by atoms with Crippen LogP contribution in [0.1, 0.15) is 12.5 Å². The van der Waals surface area contributed by atoms with Gasteiger partial charge in [-0.25, -0.2) is 17.9 Å². The van der Waals surface area contributed by atoms with E-state index in [0.29, 0.717) is 24.2 Å². The molecule has 0 spiro atoms. The lowest BCUT2D eigenvalue weighted by Crippen LogP contribution is -2.26. The molecule has 0 saturated carbocycles. The Labute approximate surface area is 98.1 Å². The van der Waals surface area contributed by atoms with Crippen molar-refractivity contribution in [3.8, 4) is 0 Å². The Kier molecular flexibility index (Phi) is 2.67. The third kappa shape index (κ3) is 2.03. The van der Waals surface area contributed by atoms with Crippen molar-refractivity contribution in [2.75, 3.05) is 11.4 Å². The summed E-state index contributed by atoms with van der Waals surface area (Å²) in [4.78, 5) is 12.1. The molecule has 0 aliphatic carbocycles. The van der Waals surface area contributed by atoms with E-state index < -0.39 is 20.7 Å². The van der Waals surface area contributed by atoms with Crippen LogP contribution in [0.4, 0.5) is 10.1 Å². The zero-order valence-electron chi connectivity index (χ0n) is 9.10. The van der Waals surface area contributed by atoms with Crippen LogP contribution < -0.4 is 10.0 Å². The van der Waals surface area contributed by atoms with Gasteiger partial charge in [0.25, 0.3) is 0 Å². The van der Waals surface area contributed by atoms with E-state index in [1.807, 2.05) is 0 Å². The fourth-order valence-corrected chi connectivity index (χ4v) is 2.54. The molecule has 1 aliphatic rings. The maximum absolute atomic E-state index is 13.5. The molecule has 0 aromatic heterocycles. The van der Waals surface area contributed by atoms with E-state index in [9.17, 15) is 17.6 Å². The number of rotatable bonds is 1. The average molecular weight is 258 g/mol. The van der Waals surface area contributed by atoms with Crippen LogP contribution in [0.2, 0.25) is 0 Å². The van der Waals surface area contributed by atoms with E-state index in [-0.39, 0.29) is 5.91 Å². The minimum atomic E-state index is -4.12. The number of halogens is 1. The largest absolute Gasteiger partial charge is 0.312 e. The molecule has 2 rings (SSSR count). The number of hydrogen-bond donors (Lipinski definition) is 1. The fraction of sp³-hybridized carbons (Fsp3) is 0.300. The van der Waals surface area contributed by atoms with Crippen molar-refractivity contribution in [3.05, 3.63) is 23.5 Å². The number of fused-ring (bicyclic) bond motifs is 1. The summed E-state index contributed by atoms with van der Waals surface area (Å²) >= 11 is 0. The van der Waals surface area contributed by atoms with E-state index in [1.165, 1.54) is 11.8 Å². The van der Waals surface area contributed by atoms with Crippen LogP contribution in [0, 0.1) is 5.82 Å². The van der Waals surface area contributed by atoms with Gasteiger partial charge < -0.3 is 4.90 Å². The Hall–Kier alpha value is -1.47. The van der Waals surface area contributed by atoms with Gasteiger partial charge in [-0.15, -0.1) is 0 Å². The number of amides is 1. The first-order valence-corrected chi connectivity index (χ1v) is 6.48. The third-order valence-electron chi connectivity index (χ3n) is 2.72. The van der Waals surface area contributed by atoms with Crippen LogP contribution in [0.5, 0.6) is 0 Å². The Morgan fingerprint density at radius 1 is 1.47 bits per heavy atom. The SMILES string of the molecule is CC(=O)N1CCc2cc(F)c(S(N)(=O)=O)cc21. The second kappa shape index (κ2) is 3.78. The average Bonchev–Trinajstić information content (AvgIpc) is 2.57. The molecule has 1 amide bonds. The van der Waals surface area contributed by atoms with Crippen molar-refractivity contribution in [2.45, 2.75) is 18.2 Å². The number of benzene rings is 1. The lowest BCUT2D eigenvalue weighted by atomic mass is 10.1. The third-order valence-corrected chi connectivity index (χ3v) is 3.64. The first kappa shape index (κ1) is 12.0. The summed E-state index contributed by atoms with van der Waals surface area (Å²) in [5.41, 5.74) is 1.04. The Morgan fingerprint density at radius 3 is 2.65 bits per heavy atom. The molecule has 0 fully saturated rings. The van der Waals surface area contributed by atoms with Gasteiger partial charge in [0, 0.05) is 19.2 Å². The number of nitrogens with two attached hydrogens (primary N) is 1.